The highest BCUT2D eigenvalue weighted by Gasteiger charge is 2.27. The number of para-hydroxylation sites is 3. The second-order valence-electron chi connectivity index (χ2n) is 13.0. The molecule has 0 saturated heterocycles. The number of hydrogen-bond acceptors (Lipinski definition) is 4. The molecule has 0 fully saturated rings. The smallest absolute Gasteiger partial charge is 0.145 e. The van der Waals surface area contributed by atoms with Crippen LogP contribution in [0.4, 0.5) is 17.1 Å². The minimum absolute atomic E-state index is 0.116. The quantitative estimate of drug-likeness (QED) is 0.190. The molecule has 0 radical (unpaired) electrons. The maximum absolute atomic E-state index is 6.52. The first-order chi connectivity index (χ1) is 22.4. The molecule has 0 N–H and O–H groups in total. The number of aromatic nitrogens is 2. The fraction of sp³-hybridized carbons (Fsp3) is 0.146. The zero-order chi connectivity index (χ0) is 31.3. The minimum Gasteiger partial charge on any atom is -0.457 e. The highest BCUT2D eigenvalue weighted by Crippen LogP contribution is 2.42. The average molecular weight is 601 g/mol. The van der Waals surface area contributed by atoms with Gasteiger partial charge in [-0.25, -0.2) is 4.98 Å². The van der Waals surface area contributed by atoms with Gasteiger partial charge in [-0.2, -0.15) is 0 Å². The van der Waals surface area contributed by atoms with Gasteiger partial charge in [-0.05, 0) is 71.1 Å². The molecule has 5 aromatic carbocycles. The zero-order valence-electron chi connectivity index (χ0n) is 26.4. The number of pyridine rings is 1. The van der Waals surface area contributed by atoms with E-state index in [1.54, 1.807) is 0 Å². The number of benzene rings is 5. The Labute approximate surface area is 269 Å². The highest BCUT2D eigenvalue weighted by atomic mass is 16.5. The van der Waals surface area contributed by atoms with Crippen LogP contribution < -0.4 is 14.5 Å². The molecule has 46 heavy (non-hydrogen) atoms. The molecule has 5 nitrogen and oxygen atoms in total. The van der Waals surface area contributed by atoms with Gasteiger partial charge in [-0.3, -0.25) is 4.57 Å². The normalized spacial score (nSPS) is 13.0. The minimum atomic E-state index is 0.116. The molecule has 5 heteroatoms. The third-order valence-corrected chi connectivity index (χ3v) is 8.87. The van der Waals surface area contributed by atoms with Crippen molar-refractivity contribution in [1.29, 1.82) is 0 Å². The molecule has 0 saturated carbocycles. The molecule has 2 aromatic heterocycles. The topological polar surface area (TPSA) is 33.5 Å². The molecule has 226 valence electrons. The summed E-state index contributed by atoms with van der Waals surface area (Å²) in [5.74, 6) is 1.57. The van der Waals surface area contributed by atoms with Crippen LogP contribution in [0.15, 0.2) is 140 Å². The number of nitrogens with zero attached hydrogens (tertiary/aromatic N) is 4. The van der Waals surface area contributed by atoms with Crippen LogP contribution in [0, 0.1) is 0 Å². The molecule has 0 atom stereocenters. The molecule has 1 aliphatic rings. The SMILES string of the molecule is CC(C)(C)c1cccc(CN2CN(c3cccc(Oc4cccc(-n5c6ccccc6c6cccnc65)c4)c3)c3ccccc32)c1. The molecule has 7 aromatic rings. The van der Waals surface area contributed by atoms with E-state index in [4.69, 9.17) is 9.72 Å². The first-order valence-electron chi connectivity index (χ1n) is 15.9. The van der Waals surface area contributed by atoms with Crippen molar-refractivity contribution in [2.45, 2.75) is 32.7 Å². The van der Waals surface area contributed by atoms with E-state index < -0.39 is 0 Å². The van der Waals surface area contributed by atoms with Crippen LogP contribution in [-0.4, -0.2) is 16.2 Å². The lowest BCUT2D eigenvalue weighted by Gasteiger charge is -2.24. The van der Waals surface area contributed by atoms with Gasteiger partial charge in [0.2, 0.25) is 0 Å². The lowest BCUT2D eigenvalue weighted by atomic mass is 9.86. The number of ether oxygens (including phenoxy) is 1. The van der Waals surface area contributed by atoms with Gasteiger partial charge >= 0.3 is 0 Å². The fourth-order valence-corrected chi connectivity index (χ4v) is 6.59. The third-order valence-electron chi connectivity index (χ3n) is 8.87. The van der Waals surface area contributed by atoms with Crippen LogP contribution in [0.3, 0.4) is 0 Å². The summed E-state index contributed by atoms with van der Waals surface area (Å²) in [6, 6.07) is 46.9. The van der Waals surface area contributed by atoms with E-state index in [1.807, 2.05) is 30.5 Å². The van der Waals surface area contributed by atoms with Gasteiger partial charge in [0.05, 0.1) is 29.2 Å². The second kappa shape index (κ2) is 11.1. The Hall–Kier alpha value is -5.55. The average Bonchev–Trinajstić information content (AvgIpc) is 3.61. The Bertz CT molecular complexity index is 2160. The Balaban J connectivity index is 1.08. The Morgan fingerprint density at radius 2 is 1.35 bits per heavy atom. The Kier molecular flexibility index (Phi) is 6.75. The molecule has 0 spiro atoms. The van der Waals surface area contributed by atoms with Gasteiger partial charge in [0, 0.05) is 41.3 Å². The molecule has 0 amide bonds. The van der Waals surface area contributed by atoms with Crippen molar-refractivity contribution in [2.24, 2.45) is 0 Å². The summed E-state index contributed by atoms with van der Waals surface area (Å²) >= 11 is 0. The van der Waals surface area contributed by atoms with E-state index in [2.05, 4.69) is 144 Å². The van der Waals surface area contributed by atoms with Gasteiger partial charge in [-0.15, -0.1) is 0 Å². The van der Waals surface area contributed by atoms with E-state index in [-0.39, 0.29) is 5.41 Å². The molecule has 1 aliphatic heterocycles. The number of anilines is 3. The van der Waals surface area contributed by atoms with E-state index >= 15 is 0 Å². The number of hydrogen-bond donors (Lipinski definition) is 0. The van der Waals surface area contributed by atoms with Crippen molar-refractivity contribution in [3.05, 3.63) is 151 Å². The summed E-state index contributed by atoms with van der Waals surface area (Å²) in [7, 11) is 0. The van der Waals surface area contributed by atoms with E-state index in [1.165, 1.54) is 27.9 Å². The number of fused-ring (bicyclic) bond motifs is 4. The molecule has 3 heterocycles. The van der Waals surface area contributed by atoms with Gasteiger partial charge in [0.1, 0.15) is 17.1 Å². The summed E-state index contributed by atoms with van der Waals surface area (Å²) in [6.45, 7) is 8.42. The van der Waals surface area contributed by atoms with Crippen molar-refractivity contribution in [3.63, 3.8) is 0 Å². The Morgan fingerprint density at radius 3 is 2.17 bits per heavy atom. The largest absolute Gasteiger partial charge is 0.457 e. The summed E-state index contributed by atoms with van der Waals surface area (Å²) in [5, 5.41) is 2.32. The van der Waals surface area contributed by atoms with Crippen molar-refractivity contribution < 1.29 is 4.74 Å². The predicted octanol–water partition coefficient (Wildman–Crippen LogP) is 10.4. The predicted molar refractivity (Wildman–Crippen MR) is 190 cm³/mol. The van der Waals surface area contributed by atoms with Crippen molar-refractivity contribution in [1.82, 2.24) is 9.55 Å². The molecular weight excluding hydrogens is 564 g/mol. The highest BCUT2D eigenvalue weighted by molar-refractivity contribution is 6.07. The summed E-state index contributed by atoms with van der Waals surface area (Å²) in [4.78, 5) is 9.57. The van der Waals surface area contributed by atoms with Crippen molar-refractivity contribution >= 4 is 39.0 Å². The summed E-state index contributed by atoms with van der Waals surface area (Å²) in [5.41, 5.74) is 9.40. The number of rotatable bonds is 6. The maximum Gasteiger partial charge on any atom is 0.145 e. The Morgan fingerprint density at radius 1 is 0.652 bits per heavy atom. The standard InChI is InChI=1S/C41H36N4O/c1-41(2,3)30-13-8-12-29(24-30)27-43-28-44(39-22-7-6-21-38(39)43)31-14-9-16-33(25-31)46-34-17-10-15-32(26-34)45-37-20-5-4-18-35(37)36-19-11-23-42-40(36)45/h4-26H,27-28H2,1-3H3. The van der Waals surface area contributed by atoms with Gasteiger partial charge in [-0.1, -0.05) is 87.5 Å². The zero-order valence-corrected chi connectivity index (χ0v) is 26.4. The molecule has 0 aliphatic carbocycles. The second-order valence-corrected chi connectivity index (χ2v) is 13.0. The maximum atomic E-state index is 6.52. The summed E-state index contributed by atoms with van der Waals surface area (Å²) in [6.07, 6.45) is 1.85. The summed E-state index contributed by atoms with van der Waals surface area (Å²) < 4.78 is 8.73. The lowest BCUT2D eigenvalue weighted by molar-refractivity contribution is 0.482. The molecular formula is C41H36N4O. The third kappa shape index (κ3) is 5.04. The van der Waals surface area contributed by atoms with Gasteiger partial charge in [0.15, 0.2) is 0 Å². The first kappa shape index (κ1) is 28.0. The fourth-order valence-electron chi connectivity index (χ4n) is 6.59. The van der Waals surface area contributed by atoms with Crippen LogP contribution in [0.25, 0.3) is 27.6 Å². The molecule has 8 rings (SSSR count). The monoisotopic (exact) mass is 600 g/mol. The molecule has 0 unspecified atom stereocenters. The van der Waals surface area contributed by atoms with E-state index in [0.717, 1.165) is 52.6 Å². The van der Waals surface area contributed by atoms with Crippen molar-refractivity contribution in [3.8, 4) is 17.2 Å². The van der Waals surface area contributed by atoms with E-state index in [0.29, 0.717) is 0 Å². The van der Waals surface area contributed by atoms with Crippen LogP contribution in [0.2, 0.25) is 0 Å². The lowest BCUT2D eigenvalue weighted by Crippen LogP contribution is -2.27. The van der Waals surface area contributed by atoms with E-state index in [9.17, 15) is 0 Å². The molecule has 0 bridgehead atoms. The first-order valence-corrected chi connectivity index (χ1v) is 15.9. The van der Waals surface area contributed by atoms with Crippen molar-refractivity contribution in [2.75, 3.05) is 16.5 Å². The van der Waals surface area contributed by atoms with Crippen LogP contribution in [-0.2, 0) is 12.0 Å². The van der Waals surface area contributed by atoms with Crippen LogP contribution in [0.1, 0.15) is 31.9 Å². The van der Waals surface area contributed by atoms with Crippen LogP contribution >= 0.6 is 0 Å². The van der Waals surface area contributed by atoms with Crippen LogP contribution in [0.5, 0.6) is 11.5 Å². The van der Waals surface area contributed by atoms with Gasteiger partial charge < -0.3 is 14.5 Å². The van der Waals surface area contributed by atoms with Gasteiger partial charge in [0.25, 0.3) is 0 Å².